The van der Waals surface area contributed by atoms with Crippen molar-refractivity contribution in [2.75, 3.05) is 7.11 Å². The van der Waals surface area contributed by atoms with Crippen LogP contribution in [-0.4, -0.2) is 13.0 Å². The maximum Gasteiger partial charge on any atom is 0.328 e. The van der Waals surface area contributed by atoms with Crippen LogP contribution in [0.4, 0.5) is 0 Å². The zero-order valence-corrected chi connectivity index (χ0v) is 14.5. The van der Waals surface area contributed by atoms with E-state index in [1.807, 2.05) is 6.07 Å². The molecule has 0 unspecified atom stereocenters. The van der Waals surface area contributed by atoms with Crippen LogP contribution in [0.1, 0.15) is 5.56 Å². The van der Waals surface area contributed by atoms with Crippen molar-refractivity contribution in [3.05, 3.63) is 70.1 Å². The molecule has 0 radical (unpaired) electrons. The molecule has 2 aromatic carbocycles. The molecule has 1 aliphatic rings. The van der Waals surface area contributed by atoms with Crippen LogP contribution in [0.2, 0.25) is 0 Å². The molecule has 118 valence electrons. The fourth-order valence-electron chi connectivity index (χ4n) is 2.15. The Bertz CT molecular complexity index is 828. The fourth-order valence-corrected chi connectivity index (χ4v) is 4.74. The summed E-state index contributed by atoms with van der Waals surface area (Å²) in [5, 5.41) is 0.487. The fraction of sp³-hybridized carbons (Fsp3) is 0.0625. The third-order valence-corrected chi connectivity index (χ3v) is 6.21. The summed E-state index contributed by atoms with van der Waals surface area (Å²) in [6, 6.07) is 15.8. The molecule has 2 aromatic rings. The Kier molecular flexibility index (Phi) is 4.49. The molecule has 1 aliphatic heterocycles. The largest absolute Gasteiger partial charge is 0.497 e. The number of rotatable bonds is 3. The molecule has 3 rings (SSSR count). The summed E-state index contributed by atoms with van der Waals surface area (Å²) in [6.07, 6.45) is 0. The zero-order chi connectivity index (χ0) is 16.4. The molecule has 0 spiro atoms. The first-order chi connectivity index (χ1) is 11.0. The molecule has 1 heterocycles. The van der Waals surface area contributed by atoms with Gasteiger partial charge in [0.1, 0.15) is 10.2 Å². The van der Waals surface area contributed by atoms with Crippen molar-refractivity contribution in [1.29, 1.82) is 0 Å². The molecular weight excluding hydrogens is 356 g/mol. The van der Waals surface area contributed by atoms with Crippen LogP contribution < -0.4 is 10.0 Å². The van der Waals surface area contributed by atoms with Gasteiger partial charge in [0.15, 0.2) is 5.44 Å². The first-order valence-corrected chi connectivity index (χ1v) is 9.07. The van der Waals surface area contributed by atoms with Gasteiger partial charge in [-0.15, -0.1) is 0 Å². The summed E-state index contributed by atoms with van der Waals surface area (Å²) in [4.78, 5) is 4.25. The van der Waals surface area contributed by atoms with Gasteiger partial charge in [-0.1, -0.05) is 41.4 Å². The van der Waals surface area contributed by atoms with Gasteiger partial charge in [0.05, 0.1) is 12.4 Å². The van der Waals surface area contributed by atoms with Crippen molar-refractivity contribution in [2.45, 2.75) is 0 Å². The van der Waals surface area contributed by atoms with Gasteiger partial charge in [-0.25, -0.2) is 4.99 Å². The van der Waals surface area contributed by atoms with Crippen LogP contribution in [0.3, 0.4) is 0 Å². The van der Waals surface area contributed by atoms with Gasteiger partial charge < -0.3 is 9.26 Å². The number of nitrogens with zero attached hydrogens (tertiary/aromatic N) is 1. The second-order valence-corrected chi connectivity index (χ2v) is 7.88. The highest BCUT2D eigenvalue weighted by molar-refractivity contribution is 7.72. The lowest BCUT2D eigenvalue weighted by molar-refractivity contribution is 0.414. The van der Waals surface area contributed by atoms with E-state index in [9.17, 15) is 4.57 Å². The maximum atomic E-state index is 13.3. The molecule has 0 amide bonds. The molecule has 0 aliphatic carbocycles. The van der Waals surface area contributed by atoms with E-state index in [0.29, 0.717) is 16.6 Å². The summed E-state index contributed by atoms with van der Waals surface area (Å²) in [7, 11) is -1.87. The lowest BCUT2D eigenvalue weighted by Gasteiger charge is -2.13. The predicted octanol–water partition coefficient (Wildman–Crippen LogP) is 4.68. The number of halogens is 2. The smallest absolute Gasteiger partial charge is 0.328 e. The Morgan fingerprint density at radius 2 is 1.74 bits per heavy atom. The zero-order valence-electron chi connectivity index (χ0n) is 12.1. The van der Waals surface area contributed by atoms with Crippen molar-refractivity contribution < 1.29 is 13.8 Å². The van der Waals surface area contributed by atoms with E-state index in [1.165, 1.54) is 0 Å². The summed E-state index contributed by atoms with van der Waals surface area (Å²) in [5.74, 6) is 0.915. The predicted molar refractivity (Wildman–Crippen MR) is 93.0 cm³/mol. The summed E-state index contributed by atoms with van der Waals surface area (Å²) >= 11 is 11.8. The number of methoxy groups -OCH3 is 1. The molecule has 4 nitrogen and oxygen atoms in total. The standard InChI is InChI=1S/C16H12Cl2NO3P/c1-21-12-9-7-11(8-10-12)15-19-16(14(17)18)23(20,22-15)13-5-3-2-4-6-13/h2-10H,1H3/t23-/m1/s1. The van der Waals surface area contributed by atoms with Crippen LogP contribution in [-0.2, 0) is 9.09 Å². The van der Waals surface area contributed by atoms with Gasteiger partial charge in [-0.05, 0) is 36.4 Å². The number of aliphatic imine (C=N–C) groups is 1. The summed E-state index contributed by atoms with van der Waals surface area (Å²) in [6.45, 7) is 0. The van der Waals surface area contributed by atoms with E-state index < -0.39 is 7.37 Å². The second-order valence-electron chi connectivity index (χ2n) is 4.71. The quantitative estimate of drug-likeness (QED) is 0.740. The van der Waals surface area contributed by atoms with E-state index in [0.717, 1.165) is 0 Å². The van der Waals surface area contributed by atoms with Gasteiger partial charge in [0, 0.05) is 5.56 Å². The van der Waals surface area contributed by atoms with Crippen LogP contribution in [0, 0.1) is 0 Å². The van der Waals surface area contributed by atoms with E-state index in [1.54, 1.807) is 55.6 Å². The average molecular weight is 368 g/mol. The molecule has 1 atom stereocenters. The minimum absolute atomic E-state index is 0.0536. The number of ether oxygens (including phenoxy) is 1. The van der Waals surface area contributed by atoms with E-state index in [4.69, 9.17) is 32.5 Å². The second kappa shape index (κ2) is 6.40. The minimum atomic E-state index is -3.45. The van der Waals surface area contributed by atoms with Crippen LogP contribution in [0.15, 0.2) is 69.5 Å². The van der Waals surface area contributed by atoms with Crippen molar-refractivity contribution in [3.8, 4) is 5.75 Å². The summed E-state index contributed by atoms with van der Waals surface area (Å²) < 4.78 is 24.0. The third kappa shape index (κ3) is 3.02. The molecule has 23 heavy (non-hydrogen) atoms. The average Bonchev–Trinajstić information content (AvgIpc) is 2.95. The minimum Gasteiger partial charge on any atom is -0.497 e. The molecular formula is C16H12Cl2NO3P. The normalized spacial score (nSPS) is 20.0. The third-order valence-electron chi connectivity index (χ3n) is 3.30. The highest BCUT2D eigenvalue weighted by Crippen LogP contribution is 2.61. The SMILES string of the molecule is COc1ccc(C2=NC(=C(Cl)Cl)[P@@](=O)(c3ccccc3)O2)cc1. The summed E-state index contributed by atoms with van der Waals surface area (Å²) in [5.41, 5.74) is 0.712. The van der Waals surface area contributed by atoms with E-state index >= 15 is 0 Å². The molecule has 0 N–H and O–H groups in total. The Labute approximate surface area is 143 Å². The molecule has 0 saturated heterocycles. The number of hydrogen-bond acceptors (Lipinski definition) is 4. The number of benzene rings is 2. The van der Waals surface area contributed by atoms with E-state index in [2.05, 4.69) is 4.99 Å². The molecule has 7 heteroatoms. The van der Waals surface area contributed by atoms with Crippen LogP contribution in [0.25, 0.3) is 0 Å². The number of hydrogen-bond donors (Lipinski definition) is 0. The van der Waals surface area contributed by atoms with Gasteiger partial charge in [-0.2, -0.15) is 0 Å². The first-order valence-electron chi connectivity index (χ1n) is 6.69. The Balaban J connectivity index is 2.04. The van der Waals surface area contributed by atoms with Crippen molar-refractivity contribution in [2.24, 2.45) is 4.99 Å². The lowest BCUT2D eigenvalue weighted by Crippen LogP contribution is -2.07. The molecule has 0 bridgehead atoms. The highest BCUT2D eigenvalue weighted by Gasteiger charge is 2.41. The molecule has 0 aromatic heterocycles. The maximum absolute atomic E-state index is 13.3. The van der Waals surface area contributed by atoms with Gasteiger partial charge in [0.2, 0.25) is 5.90 Å². The Hall–Kier alpha value is -1.74. The topological polar surface area (TPSA) is 47.9 Å². The Morgan fingerprint density at radius 1 is 1.09 bits per heavy atom. The highest BCUT2D eigenvalue weighted by atomic mass is 35.5. The first kappa shape index (κ1) is 16.1. The van der Waals surface area contributed by atoms with E-state index in [-0.39, 0.29) is 15.8 Å². The molecule has 0 fully saturated rings. The van der Waals surface area contributed by atoms with Crippen molar-refractivity contribution in [3.63, 3.8) is 0 Å². The molecule has 0 saturated carbocycles. The van der Waals surface area contributed by atoms with Gasteiger partial charge >= 0.3 is 7.37 Å². The van der Waals surface area contributed by atoms with Crippen LogP contribution in [0.5, 0.6) is 5.75 Å². The monoisotopic (exact) mass is 367 g/mol. The van der Waals surface area contributed by atoms with Gasteiger partial charge in [-0.3, -0.25) is 4.57 Å². The Morgan fingerprint density at radius 3 is 2.30 bits per heavy atom. The lowest BCUT2D eigenvalue weighted by atomic mass is 10.2. The van der Waals surface area contributed by atoms with Crippen LogP contribution >= 0.6 is 30.6 Å². The van der Waals surface area contributed by atoms with Crippen molar-refractivity contribution >= 4 is 41.8 Å². The van der Waals surface area contributed by atoms with Gasteiger partial charge in [0.25, 0.3) is 0 Å². The van der Waals surface area contributed by atoms with Crippen molar-refractivity contribution in [1.82, 2.24) is 0 Å².